The molecular weight excluding hydrogens is 358 g/mol. The average molecular weight is 378 g/mol. The van der Waals surface area contributed by atoms with Gasteiger partial charge in [0.05, 0.1) is 16.8 Å². The minimum absolute atomic E-state index is 0.685. The summed E-state index contributed by atoms with van der Waals surface area (Å²) >= 11 is 3.52. The molecule has 130 valence electrons. The van der Waals surface area contributed by atoms with E-state index in [4.69, 9.17) is 9.72 Å². The van der Waals surface area contributed by atoms with Crippen LogP contribution in [-0.4, -0.2) is 11.6 Å². The topological polar surface area (TPSA) is 22.1 Å². The number of thioether (sulfide) groups is 1. The molecule has 0 fully saturated rings. The Morgan fingerprint density at radius 3 is 2.46 bits per heavy atom. The molecule has 3 aromatic carbocycles. The van der Waals surface area contributed by atoms with E-state index in [2.05, 4.69) is 54.6 Å². The molecule has 0 aliphatic carbocycles. The molecule has 0 spiro atoms. The molecule has 4 aromatic rings. The maximum atomic E-state index is 5.57. The summed E-state index contributed by atoms with van der Waals surface area (Å²) in [6.07, 6.45) is 0. The van der Waals surface area contributed by atoms with Crippen LogP contribution in [0.4, 0.5) is 0 Å². The van der Waals surface area contributed by atoms with Crippen LogP contribution in [0, 0.1) is 0 Å². The van der Waals surface area contributed by atoms with Crippen molar-refractivity contribution >= 4 is 33.3 Å². The van der Waals surface area contributed by atoms with E-state index in [1.165, 1.54) is 21.4 Å². The summed E-state index contributed by atoms with van der Waals surface area (Å²) in [5.41, 5.74) is 4.86. The van der Waals surface area contributed by atoms with Crippen molar-refractivity contribution in [2.24, 2.45) is 0 Å². The highest BCUT2D eigenvalue weighted by molar-refractivity contribution is 8.00. The minimum Gasteiger partial charge on any atom is -0.494 e. The first-order valence-corrected chi connectivity index (χ1v) is 10.4. The summed E-state index contributed by atoms with van der Waals surface area (Å²) < 4.78 is 7.85. The Kier molecular flexibility index (Phi) is 5.23. The van der Waals surface area contributed by atoms with Crippen molar-refractivity contribution in [2.45, 2.75) is 17.0 Å². The Hall–Kier alpha value is -2.30. The summed E-state index contributed by atoms with van der Waals surface area (Å²) in [4.78, 5) is 4.72. The van der Waals surface area contributed by atoms with E-state index < -0.39 is 0 Å². The molecular formula is C22H19NOS2. The quantitative estimate of drug-likeness (QED) is 0.351. The second kappa shape index (κ2) is 7.94. The van der Waals surface area contributed by atoms with Gasteiger partial charge in [-0.2, -0.15) is 0 Å². The van der Waals surface area contributed by atoms with Crippen LogP contribution in [0.15, 0.2) is 77.1 Å². The molecule has 4 heteroatoms. The molecule has 0 radical (unpaired) electrons. The van der Waals surface area contributed by atoms with Crippen molar-refractivity contribution < 1.29 is 4.74 Å². The van der Waals surface area contributed by atoms with Crippen molar-refractivity contribution in [1.82, 2.24) is 4.98 Å². The molecule has 4 rings (SSSR count). The smallest absolute Gasteiger partial charge is 0.151 e. The average Bonchev–Trinajstić information content (AvgIpc) is 3.10. The van der Waals surface area contributed by atoms with Crippen molar-refractivity contribution in [2.75, 3.05) is 6.61 Å². The van der Waals surface area contributed by atoms with Crippen LogP contribution in [-0.2, 0) is 5.75 Å². The van der Waals surface area contributed by atoms with E-state index in [1.807, 2.05) is 25.1 Å². The number of fused-ring (bicyclic) bond motifs is 1. The van der Waals surface area contributed by atoms with E-state index in [0.717, 1.165) is 21.4 Å². The van der Waals surface area contributed by atoms with Gasteiger partial charge >= 0.3 is 0 Å². The molecule has 0 bridgehead atoms. The van der Waals surface area contributed by atoms with Crippen LogP contribution in [0.2, 0.25) is 0 Å². The Morgan fingerprint density at radius 1 is 0.923 bits per heavy atom. The van der Waals surface area contributed by atoms with Gasteiger partial charge in [-0.05, 0) is 41.8 Å². The standard InChI is InChI=1S/C22H19NOS2/c1-2-24-19-12-13-20-21(14-19)26-22(23-20)25-15-16-8-10-18(11-9-16)17-6-4-3-5-7-17/h3-14H,2,15H2,1H3. The normalized spacial score (nSPS) is 11.0. The van der Waals surface area contributed by atoms with Crippen molar-refractivity contribution in [3.63, 3.8) is 0 Å². The lowest BCUT2D eigenvalue weighted by atomic mass is 10.0. The van der Waals surface area contributed by atoms with Gasteiger partial charge in [-0.3, -0.25) is 0 Å². The van der Waals surface area contributed by atoms with Crippen LogP contribution in [0.1, 0.15) is 12.5 Å². The number of rotatable bonds is 6. The number of aromatic nitrogens is 1. The lowest BCUT2D eigenvalue weighted by molar-refractivity contribution is 0.341. The lowest BCUT2D eigenvalue weighted by Gasteiger charge is -2.03. The first-order chi connectivity index (χ1) is 12.8. The molecule has 0 saturated carbocycles. The molecule has 1 heterocycles. The predicted molar refractivity (Wildman–Crippen MR) is 112 cm³/mol. The highest BCUT2D eigenvalue weighted by atomic mass is 32.2. The molecule has 0 atom stereocenters. The van der Waals surface area contributed by atoms with Gasteiger partial charge in [0.15, 0.2) is 4.34 Å². The van der Waals surface area contributed by atoms with Crippen LogP contribution in [0.3, 0.4) is 0 Å². The molecule has 0 N–H and O–H groups in total. The molecule has 1 aromatic heterocycles. The monoisotopic (exact) mass is 377 g/mol. The van der Waals surface area contributed by atoms with Gasteiger partial charge in [0.25, 0.3) is 0 Å². The summed E-state index contributed by atoms with van der Waals surface area (Å²) in [7, 11) is 0. The van der Waals surface area contributed by atoms with Crippen LogP contribution in [0.25, 0.3) is 21.3 Å². The number of hydrogen-bond donors (Lipinski definition) is 0. The number of nitrogens with zero attached hydrogens (tertiary/aromatic N) is 1. The third kappa shape index (κ3) is 3.92. The number of hydrogen-bond acceptors (Lipinski definition) is 4. The van der Waals surface area contributed by atoms with E-state index in [-0.39, 0.29) is 0 Å². The zero-order valence-corrected chi connectivity index (χ0v) is 16.1. The van der Waals surface area contributed by atoms with Crippen LogP contribution < -0.4 is 4.74 Å². The number of ether oxygens (including phenoxy) is 1. The SMILES string of the molecule is CCOc1ccc2nc(SCc3ccc(-c4ccccc4)cc3)sc2c1. The van der Waals surface area contributed by atoms with Crippen LogP contribution in [0.5, 0.6) is 5.75 Å². The Labute approximate surface area is 161 Å². The second-order valence-electron chi connectivity index (χ2n) is 5.89. The molecule has 0 saturated heterocycles. The van der Waals surface area contributed by atoms with Gasteiger partial charge in [-0.15, -0.1) is 11.3 Å². The van der Waals surface area contributed by atoms with E-state index in [9.17, 15) is 0 Å². The molecule has 0 amide bonds. The maximum absolute atomic E-state index is 5.57. The maximum Gasteiger partial charge on any atom is 0.151 e. The second-order valence-corrected chi connectivity index (χ2v) is 8.15. The zero-order chi connectivity index (χ0) is 17.8. The Bertz CT molecular complexity index is 994. The van der Waals surface area contributed by atoms with Gasteiger partial charge in [0.1, 0.15) is 5.75 Å². The van der Waals surface area contributed by atoms with E-state index >= 15 is 0 Å². The van der Waals surface area contributed by atoms with Gasteiger partial charge < -0.3 is 4.74 Å². The first-order valence-electron chi connectivity index (χ1n) is 8.62. The number of benzene rings is 3. The fourth-order valence-electron chi connectivity index (χ4n) is 2.77. The van der Waals surface area contributed by atoms with Gasteiger partial charge in [-0.25, -0.2) is 4.98 Å². The molecule has 2 nitrogen and oxygen atoms in total. The van der Waals surface area contributed by atoms with Gasteiger partial charge in [0.2, 0.25) is 0 Å². The van der Waals surface area contributed by atoms with Crippen LogP contribution >= 0.6 is 23.1 Å². The fraction of sp³-hybridized carbons (Fsp3) is 0.136. The van der Waals surface area contributed by atoms with Crippen molar-refractivity contribution in [3.05, 3.63) is 78.4 Å². The molecule has 0 unspecified atom stereocenters. The first kappa shape index (κ1) is 17.1. The third-order valence-corrected chi connectivity index (χ3v) is 6.31. The summed E-state index contributed by atoms with van der Waals surface area (Å²) in [5.74, 6) is 1.84. The van der Waals surface area contributed by atoms with E-state index in [0.29, 0.717) is 6.61 Å². The third-order valence-electron chi connectivity index (χ3n) is 4.07. The summed E-state index contributed by atoms with van der Waals surface area (Å²) in [6.45, 7) is 2.69. The van der Waals surface area contributed by atoms with Crippen molar-refractivity contribution in [1.29, 1.82) is 0 Å². The van der Waals surface area contributed by atoms with Gasteiger partial charge in [-0.1, -0.05) is 66.4 Å². The molecule has 26 heavy (non-hydrogen) atoms. The highest BCUT2D eigenvalue weighted by Gasteiger charge is 2.07. The fourth-order valence-corrected chi connectivity index (χ4v) is 4.82. The molecule has 0 aliphatic rings. The largest absolute Gasteiger partial charge is 0.494 e. The number of thiazole rings is 1. The van der Waals surface area contributed by atoms with Crippen molar-refractivity contribution in [3.8, 4) is 16.9 Å². The van der Waals surface area contributed by atoms with E-state index in [1.54, 1.807) is 23.1 Å². The predicted octanol–water partition coefficient (Wildman–Crippen LogP) is 6.65. The Morgan fingerprint density at radius 2 is 1.69 bits per heavy atom. The summed E-state index contributed by atoms with van der Waals surface area (Å²) in [6, 6.07) is 25.4. The van der Waals surface area contributed by atoms with Gasteiger partial charge in [0, 0.05) is 5.75 Å². The summed E-state index contributed by atoms with van der Waals surface area (Å²) in [5, 5.41) is 0. The minimum atomic E-state index is 0.685. The lowest BCUT2D eigenvalue weighted by Crippen LogP contribution is -1.89. The highest BCUT2D eigenvalue weighted by Crippen LogP contribution is 2.33. The Balaban J connectivity index is 1.44. The zero-order valence-electron chi connectivity index (χ0n) is 14.5. The molecule has 0 aliphatic heterocycles.